The fourth-order valence-corrected chi connectivity index (χ4v) is 3.27. The molecule has 3 N–H and O–H groups in total. The van der Waals surface area contributed by atoms with Crippen LogP contribution in [-0.2, 0) is 4.79 Å². The molecule has 0 bridgehead atoms. The van der Waals surface area contributed by atoms with Crippen LogP contribution in [0.25, 0.3) is 0 Å². The van der Waals surface area contributed by atoms with E-state index in [2.05, 4.69) is 5.32 Å². The molecule has 23 heavy (non-hydrogen) atoms. The first-order valence-electron chi connectivity index (χ1n) is 7.11. The molecule has 2 atom stereocenters. The van der Waals surface area contributed by atoms with E-state index in [1.54, 1.807) is 18.2 Å². The lowest BCUT2D eigenvalue weighted by Crippen LogP contribution is -2.23. The van der Waals surface area contributed by atoms with Crippen molar-refractivity contribution in [1.82, 2.24) is 0 Å². The molecule has 1 amide bonds. The predicted molar refractivity (Wildman–Crippen MR) is 89.2 cm³/mol. The second kappa shape index (κ2) is 8.26. The van der Waals surface area contributed by atoms with E-state index in [1.807, 2.05) is 6.92 Å². The van der Waals surface area contributed by atoms with Crippen molar-refractivity contribution in [2.45, 2.75) is 43.3 Å². The molecule has 0 aromatic heterocycles. The second-order valence-corrected chi connectivity index (χ2v) is 6.68. The van der Waals surface area contributed by atoms with Crippen molar-refractivity contribution in [1.29, 1.82) is 0 Å². The van der Waals surface area contributed by atoms with Gasteiger partial charge in [0, 0.05) is 16.9 Å². The van der Waals surface area contributed by atoms with Crippen molar-refractivity contribution < 1.29 is 18.0 Å². The number of carbonyl (C=O) groups excluding carboxylic acids is 1. The Morgan fingerprint density at radius 1 is 1.39 bits per heavy atom. The smallest absolute Gasteiger partial charge is 0.328 e. The number of carbonyl (C=O) groups is 1. The van der Waals surface area contributed by atoms with Crippen LogP contribution in [0.3, 0.4) is 0 Å². The molecule has 1 aromatic carbocycles. The van der Waals surface area contributed by atoms with E-state index in [0.29, 0.717) is 28.8 Å². The third kappa shape index (κ3) is 6.24. The number of rotatable bonds is 4. The highest BCUT2D eigenvalue weighted by Gasteiger charge is 2.30. The molecular weight excluding hydrogens is 349 g/mol. The molecule has 130 valence electrons. The summed E-state index contributed by atoms with van der Waals surface area (Å²) >= 11 is 0.683. The Bertz CT molecular complexity index is 554. The van der Waals surface area contributed by atoms with Crippen LogP contribution in [0.1, 0.15) is 24.8 Å². The Morgan fingerprint density at radius 2 is 2.09 bits per heavy atom. The van der Waals surface area contributed by atoms with Crippen LogP contribution in [0.15, 0.2) is 23.1 Å². The van der Waals surface area contributed by atoms with Crippen LogP contribution in [0.2, 0.25) is 0 Å². The van der Waals surface area contributed by atoms with E-state index < -0.39 is 11.9 Å². The van der Waals surface area contributed by atoms with Crippen molar-refractivity contribution in [3.63, 3.8) is 0 Å². The number of hydrogen-bond donors (Lipinski definition) is 2. The van der Waals surface area contributed by atoms with Gasteiger partial charge >= 0.3 is 6.18 Å². The molecule has 8 heteroatoms. The number of amides is 1. The molecule has 1 fully saturated rings. The molecule has 3 nitrogen and oxygen atoms in total. The Labute approximate surface area is 144 Å². The van der Waals surface area contributed by atoms with E-state index in [-0.39, 0.29) is 30.3 Å². The molecule has 0 saturated heterocycles. The van der Waals surface area contributed by atoms with Crippen molar-refractivity contribution >= 4 is 35.8 Å². The number of benzene rings is 1. The number of aryl methyl sites for hydroxylation is 1. The van der Waals surface area contributed by atoms with Gasteiger partial charge in [-0.15, -0.1) is 24.2 Å². The maximum absolute atomic E-state index is 12.4. The van der Waals surface area contributed by atoms with Crippen molar-refractivity contribution in [2.75, 3.05) is 11.1 Å². The highest BCUT2D eigenvalue weighted by Crippen LogP contribution is 2.34. The van der Waals surface area contributed by atoms with Gasteiger partial charge in [-0.1, -0.05) is 6.07 Å². The minimum Gasteiger partial charge on any atom is -0.328 e. The average molecular weight is 369 g/mol. The molecule has 1 aliphatic rings. The standard InChI is InChI=1S/C15H19F3N2OS.ClH/c1-9-2-5-13(22-8-15(16,17)18)12(6-9)20-14(21)10-3-4-11(19)7-10;/h2,5-6,10-11H,3-4,7-8,19H2,1H3,(H,20,21);1H. The summed E-state index contributed by atoms with van der Waals surface area (Å²) in [6.07, 6.45) is -2.08. The molecule has 1 aromatic rings. The third-order valence-corrected chi connectivity index (χ3v) is 4.77. The Balaban J connectivity index is 0.00000264. The summed E-state index contributed by atoms with van der Waals surface area (Å²) in [7, 11) is 0. The number of anilines is 1. The van der Waals surface area contributed by atoms with Crippen molar-refractivity contribution in [3.05, 3.63) is 23.8 Å². The monoisotopic (exact) mass is 368 g/mol. The van der Waals surface area contributed by atoms with Crippen LogP contribution < -0.4 is 11.1 Å². The van der Waals surface area contributed by atoms with Gasteiger partial charge in [0.15, 0.2) is 0 Å². The SMILES string of the molecule is Cc1ccc(SCC(F)(F)F)c(NC(=O)C2CCC(N)C2)c1.Cl. The zero-order valence-electron chi connectivity index (χ0n) is 12.7. The molecule has 1 saturated carbocycles. The Hall–Kier alpha value is -0.920. The van der Waals surface area contributed by atoms with Gasteiger partial charge in [0.1, 0.15) is 0 Å². The van der Waals surface area contributed by atoms with Crippen LogP contribution in [-0.4, -0.2) is 23.9 Å². The Morgan fingerprint density at radius 3 is 2.65 bits per heavy atom. The zero-order chi connectivity index (χ0) is 16.3. The van der Waals surface area contributed by atoms with Gasteiger partial charge in [0.25, 0.3) is 0 Å². The normalized spacial score (nSPS) is 20.9. The number of nitrogens with one attached hydrogen (secondary N) is 1. The van der Waals surface area contributed by atoms with E-state index in [9.17, 15) is 18.0 Å². The maximum atomic E-state index is 12.4. The van der Waals surface area contributed by atoms with Gasteiger partial charge in [0.05, 0.1) is 11.4 Å². The first-order chi connectivity index (χ1) is 10.2. The topological polar surface area (TPSA) is 55.1 Å². The van der Waals surface area contributed by atoms with Crippen LogP contribution >= 0.6 is 24.2 Å². The van der Waals surface area contributed by atoms with E-state index in [4.69, 9.17) is 5.73 Å². The molecule has 2 unspecified atom stereocenters. The quantitative estimate of drug-likeness (QED) is 0.785. The minimum atomic E-state index is -4.24. The molecule has 0 spiro atoms. The van der Waals surface area contributed by atoms with Gasteiger partial charge in [-0.05, 0) is 43.9 Å². The summed E-state index contributed by atoms with van der Waals surface area (Å²) in [5, 5.41) is 2.77. The zero-order valence-corrected chi connectivity index (χ0v) is 14.3. The number of halogens is 4. The summed E-state index contributed by atoms with van der Waals surface area (Å²) in [5.41, 5.74) is 7.13. The molecular formula is C15H20ClF3N2OS. The van der Waals surface area contributed by atoms with E-state index in [0.717, 1.165) is 18.4 Å². The maximum Gasteiger partial charge on any atom is 0.398 e. The average Bonchev–Trinajstić information content (AvgIpc) is 2.83. The minimum absolute atomic E-state index is 0. The fourth-order valence-electron chi connectivity index (χ4n) is 2.52. The lowest BCUT2D eigenvalue weighted by Gasteiger charge is -2.15. The van der Waals surface area contributed by atoms with E-state index in [1.165, 1.54) is 0 Å². The summed E-state index contributed by atoms with van der Waals surface area (Å²) in [4.78, 5) is 12.7. The third-order valence-electron chi connectivity index (χ3n) is 3.63. The lowest BCUT2D eigenvalue weighted by molar-refractivity contribution is -0.119. The first kappa shape index (κ1) is 20.1. The van der Waals surface area contributed by atoms with Gasteiger partial charge in [-0.3, -0.25) is 4.79 Å². The molecule has 0 radical (unpaired) electrons. The number of alkyl halides is 3. The number of hydrogen-bond acceptors (Lipinski definition) is 3. The molecule has 2 rings (SSSR count). The predicted octanol–water partition coefficient (Wildman–Crippen LogP) is 4.14. The number of nitrogens with two attached hydrogens (primary N) is 1. The number of thioether (sulfide) groups is 1. The van der Waals surface area contributed by atoms with Gasteiger partial charge in [-0.2, -0.15) is 13.2 Å². The largest absolute Gasteiger partial charge is 0.398 e. The van der Waals surface area contributed by atoms with Gasteiger partial charge in [0.2, 0.25) is 5.91 Å². The first-order valence-corrected chi connectivity index (χ1v) is 8.10. The van der Waals surface area contributed by atoms with Crippen molar-refractivity contribution in [2.24, 2.45) is 11.7 Å². The second-order valence-electron chi connectivity index (χ2n) is 5.66. The van der Waals surface area contributed by atoms with Gasteiger partial charge < -0.3 is 11.1 Å². The summed E-state index contributed by atoms with van der Waals surface area (Å²) in [6.45, 7) is 1.83. The van der Waals surface area contributed by atoms with Crippen molar-refractivity contribution in [3.8, 4) is 0 Å². The van der Waals surface area contributed by atoms with Gasteiger partial charge in [-0.25, -0.2) is 0 Å². The van der Waals surface area contributed by atoms with Crippen LogP contribution in [0.4, 0.5) is 18.9 Å². The summed E-state index contributed by atoms with van der Waals surface area (Å²) in [6, 6.07) is 5.08. The lowest BCUT2D eigenvalue weighted by atomic mass is 10.1. The molecule has 0 aliphatic heterocycles. The van der Waals surface area contributed by atoms with Crippen LogP contribution in [0, 0.1) is 12.8 Å². The molecule has 0 heterocycles. The summed E-state index contributed by atoms with van der Waals surface area (Å²) < 4.78 is 37.1. The highest BCUT2D eigenvalue weighted by molar-refractivity contribution is 7.99. The fraction of sp³-hybridized carbons (Fsp3) is 0.533. The molecule has 1 aliphatic carbocycles. The highest BCUT2D eigenvalue weighted by atomic mass is 35.5. The summed E-state index contributed by atoms with van der Waals surface area (Å²) in [5.74, 6) is -1.30. The van der Waals surface area contributed by atoms with Crippen LogP contribution in [0.5, 0.6) is 0 Å². The Kier molecular flexibility index (Phi) is 7.23. The van der Waals surface area contributed by atoms with E-state index >= 15 is 0 Å².